The van der Waals surface area contributed by atoms with Crippen molar-refractivity contribution in [2.45, 2.75) is 32.7 Å². The average Bonchev–Trinajstić information content (AvgIpc) is 2.98. The van der Waals surface area contributed by atoms with E-state index in [9.17, 15) is 14.4 Å². The molecule has 6 heteroatoms. The van der Waals surface area contributed by atoms with Gasteiger partial charge in [0.2, 0.25) is 17.7 Å². The zero-order valence-corrected chi connectivity index (χ0v) is 13.5. The molecule has 23 heavy (non-hydrogen) atoms. The lowest BCUT2D eigenvalue weighted by molar-refractivity contribution is -0.154. The number of nitrogens with zero attached hydrogens (tertiary/aromatic N) is 2. The first-order valence-electron chi connectivity index (χ1n) is 7.91. The number of aryl methyl sites for hydroxylation is 2. The predicted molar refractivity (Wildman–Crippen MR) is 85.9 cm³/mol. The van der Waals surface area contributed by atoms with Gasteiger partial charge in [0, 0.05) is 12.2 Å². The van der Waals surface area contributed by atoms with Gasteiger partial charge in [0.1, 0.15) is 19.1 Å². The summed E-state index contributed by atoms with van der Waals surface area (Å²) in [4.78, 5) is 39.6. The van der Waals surface area contributed by atoms with Crippen LogP contribution in [0, 0.1) is 13.8 Å². The van der Waals surface area contributed by atoms with Gasteiger partial charge in [-0.05, 0) is 49.9 Å². The molecule has 2 heterocycles. The van der Waals surface area contributed by atoms with E-state index in [2.05, 4.69) is 5.32 Å². The third-order valence-corrected chi connectivity index (χ3v) is 4.62. The zero-order valence-electron chi connectivity index (χ0n) is 13.5. The summed E-state index contributed by atoms with van der Waals surface area (Å²) in [6.45, 7) is 4.55. The molecular formula is C17H21N3O3. The molecule has 1 N–H and O–H groups in total. The highest BCUT2D eigenvalue weighted by Crippen LogP contribution is 2.23. The molecule has 0 radical (unpaired) electrons. The Morgan fingerprint density at radius 1 is 1.26 bits per heavy atom. The smallest absolute Gasteiger partial charge is 0.246 e. The van der Waals surface area contributed by atoms with E-state index in [1.54, 1.807) is 4.90 Å². The van der Waals surface area contributed by atoms with Gasteiger partial charge in [0.15, 0.2) is 0 Å². The second-order valence-electron chi connectivity index (χ2n) is 6.29. The van der Waals surface area contributed by atoms with Crippen molar-refractivity contribution in [3.8, 4) is 0 Å². The van der Waals surface area contributed by atoms with Crippen LogP contribution in [0.3, 0.4) is 0 Å². The molecule has 0 spiro atoms. The van der Waals surface area contributed by atoms with Gasteiger partial charge >= 0.3 is 0 Å². The van der Waals surface area contributed by atoms with Crippen LogP contribution in [0.1, 0.15) is 24.0 Å². The van der Waals surface area contributed by atoms with Crippen LogP contribution in [0.4, 0.5) is 5.69 Å². The van der Waals surface area contributed by atoms with Gasteiger partial charge in [0.05, 0.1) is 0 Å². The number of hydrogen-bond acceptors (Lipinski definition) is 3. The molecule has 1 atom stereocenters. The molecule has 3 amide bonds. The first-order chi connectivity index (χ1) is 11.0. The largest absolute Gasteiger partial charge is 0.329 e. The standard InChI is InChI=1S/C17H21N3O3/c1-11-5-6-13(8-12(11)2)18-15(21)9-19-10-16(22)20-7-3-4-14(20)17(19)23/h5-6,8,14H,3-4,7,9-10H2,1-2H3,(H,18,21). The molecule has 6 nitrogen and oxygen atoms in total. The van der Waals surface area contributed by atoms with Crippen LogP contribution < -0.4 is 5.32 Å². The van der Waals surface area contributed by atoms with E-state index in [0.29, 0.717) is 18.7 Å². The Kier molecular flexibility index (Phi) is 4.07. The van der Waals surface area contributed by atoms with Crippen LogP contribution >= 0.6 is 0 Å². The van der Waals surface area contributed by atoms with Gasteiger partial charge in [-0.15, -0.1) is 0 Å². The summed E-state index contributed by atoms with van der Waals surface area (Å²) in [7, 11) is 0. The minimum absolute atomic E-state index is 0.00429. The highest BCUT2D eigenvalue weighted by Gasteiger charge is 2.42. The first kappa shape index (κ1) is 15.5. The van der Waals surface area contributed by atoms with Crippen molar-refractivity contribution in [2.75, 3.05) is 25.0 Å². The van der Waals surface area contributed by atoms with Crippen molar-refractivity contribution in [3.63, 3.8) is 0 Å². The number of hydrogen-bond donors (Lipinski definition) is 1. The van der Waals surface area contributed by atoms with E-state index < -0.39 is 0 Å². The molecule has 1 aromatic carbocycles. The molecule has 2 aliphatic heterocycles. The number of benzene rings is 1. The SMILES string of the molecule is Cc1ccc(NC(=O)CN2CC(=O)N3CCCC3C2=O)cc1C. The molecule has 0 aliphatic carbocycles. The lowest BCUT2D eigenvalue weighted by atomic mass is 10.1. The van der Waals surface area contributed by atoms with Crippen LogP contribution in [0.5, 0.6) is 0 Å². The summed E-state index contributed by atoms with van der Waals surface area (Å²) >= 11 is 0. The van der Waals surface area contributed by atoms with Crippen molar-refractivity contribution in [3.05, 3.63) is 29.3 Å². The molecule has 3 rings (SSSR count). The number of amides is 3. The number of carbonyl (C=O) groups is 3. The van der Waals surface area contributed by atoms with Crippen molar-refractivity contribution in [1.29, 1.82) is 0 Å². The summed E-state index contributed by atoms with van der Waals surface area (Å²) in [6, 6.07) is 5.31. The van der Waals surface area contributed by atoms with Gasteiger partial charge in [-0.3, -0.25) is 14.4 Å². The molecule has 0 aromatic heterocycles. The van der Waals surface area contributed by atoms with Gasteiger partial charge < -0.3 is 15.1 Å². The minimum Gasteiger partial charge on any atom is -0.329 e. The van der Waals surface area contributed by atoms with E-state index >= 15 is 0 Å². The highest BCUT2D eigenvalue weighted by molar-refractivity contribution is 6.00. The normalized spacial score (nSPS) is 20.7. The summed E-state index contributed by atoms with van der Waals surface area (Å²) in [6.07, 6.45) is 1.55. The Morgan fingerprint density at radius 2 is 2.04 bits per heavy atom. The lowest BCUT2D eigenvalue weighted by Gasteiger charge is -2.35. The van der Waals surface area contributed by atoms with E-state index in [0.717, 1.165) is 17.5 Å². The summed E-state index contributed by atoms with van der Waals surface area (Å²) in [5, 5.41) is 2.79. The molecule has 2 fully saturated rings. The molecule has 0 bridgehead atoms. The molecule has 1 aromatic rings. The average molecular weight is 315 g/mol. The highest BCUT2D eigenvalue weighted by atomic mass is 16.2. The number of rotatable bonds is 3. The van der Waals surface area contributed by atoms with Gasteiger partial charge in [0.25, 0.3) is 0 Å². The second kappa shape index (κ2) is 6.02. The van der Waals surface area contributed by atoms with Crippen molar-refractivity contribution < 1.29 is 14.4 Å². The first-order valence-corrected chi connectivity index (χ1v) is 7.91. The number of piperazine rings is 1. The lowest BCUT2D eigenvalue weighted by Crippen LogP contribution is -2.58. The summed E-state index contributed by atoms with van der Waals surface area (Å²) in [5.74, 6) is -0.454. The Labute approximate surface area is 135 Å². The zero-order chi connectivity index (χ0) is 16.6. The van der Waals surface area contributed by atoms with Crippen LogP contribution in [0.25, 0.3) is 0 Å². The maximum atomic E-state index is 12.4. The maximum absolute atomic E-state index is 12.4. The van der Waals surface area contributed by atoms with Crippen LogP contribution in [-0.4, -0.2) is 53.2 Å². The molecular weight excluding hydrogens is 294 g/mol. The van der Waals surface area contributed by atoms with Gasteiger partial charge in [-0.25, -0.2) is 0 Å². The van der Waals surface area contributed by atoms with Crippen molar-refractivity contribution >= 4 is 23.4 Å². The quantitative estimate of drug-likeness (QED) is 0.907. The Hall–Kier alpha value is -2.37. The van der Waals surface area contributed by atoms with Crippen molar-refractivity contribution in [2.24, 2.45) is 0 Å². The Morgan fingerprint density at radius 3 is 2.78 bits per heavy atom. The minimum atomic E-state index is -0.370. The van der Waals surface area contributed by atoms with E-state index in [1.807, 2.05) is 32.0 Å². The second-order valence-corrected chi connectivity index (χ2v) is 6.29. The Bertz CT molecular complexity index is 671. The van der Waals surface area contributed by atoms with E-state index in [4.69, 9.17) is 0 Å². The molecule has 2 aliphatic rings. The fraction of sp³-hybridized carbons (Fsp3) is 0.471. The topological polar surface area (TPSA) is 69.7 Å². The third kappa shape index (κ3) is 3.06. The fourth-order valence-electron chi connectivity index (χ4n) is 3.19. The van der Waals surface area contributed by atoms with Crippen LogP contribution in [0.2, 0.25) is 0 Å². The van der Waals surface area contributed by atoms with Gasteiger partial charge in [-0.2, -0.15) is 0 Å². The van der Waals surface area contributed by atoms with Crippen LogP contribution in [-0.2, 0) is 14.4 Å². The Balaban J connectivity index is 1.64. The number of carbonyl (C=O) groups excluding carboxylic acids is 3. The number of nitrogens with one attached hydrogen (secondary N) is 1. The van der Waals surface area contributed by atoms with Crippen molar-refractivity contribution in [1.82, 2.24) is 9.80 Å². The maximum Gasteiger partial charge on any atom is 0.246 e. The molecule has 0 saturated carbocycles. The number of fused-ring (bicyclic) bond motifs is 1. The summed E-state index contributed by atoms with van der Waals surface area (Å²) in [5.41, 5.74) is 2.95. The van der Waals surface area contributed by atoms with Gasteiger partial charge in [-0.1, -0.05) is 6.07 Å². The van der Waals surface area contributed by atoms with E-state index in [-0.39, 0.29) is 36.9 Å². The molecule has 2 saturated heterocycles. The van der Waals surface area contributed by atoms with Crippen LogP contribution in [0.15, 0.2) is 18.2 Å². The summed E-state index contributed by atoms with van der Waals surface area (Å²) < 4.78 is 0. The monoisotopic (exact) mass is 315 g/mol. The fourth-order valence-corrected chi connectivity index (χ4v) is 3.19. The predicted octanol–water partition coefficient (Wildman–Crippen LogP) is 1.08. The molecule has 1 unspecified atom stereocenters. The van der Waals surface area contributed by atoms with E-state index in [1.165, 1.54) is 4.90 Å². The third-order valence-electron chi connectivity index (χ3n) is 4.62. The molecule has 122 valence electrons. The number of anilines is 1.